The van der Waals surface area contributed by atoms with E-state index in [4.69, 9.17) is 0 Å². The van der Waals surface area contributed by atoms with Crippen molar-refractivity contribution in [2.45, 2.75) is 75.9 Å². The first-order valence-corrected chi connectivity index (χ1v) is 7.99. The van der Waals surface area contributed by atoms with Crippen LogP contribution in [-0.4, -0.2) is 35.6 Å². The first kappa shape index (κ1) is 12.7. The normalized spacial score (nSPS) is 33.3. The molecule has 0 bridgehead atoms. The van der Waals surface area contributed by atoms with Crippen molar-refractivity contribution in [3.05, 3.63) is 12.2 Å². The Bertz CT molecular complexity index is 294. The van der Waals surface area contributed by atoms with E-state index in [0.29, 0.717) is 5.54 Å². The summed E-state index contributed by atoms with van der Waals surface area (Å²) in [5.41, 5.74) is 0.465. The highest BCUT2D eigenvalue weighted by atomic mass is 15.3. The zero-order valence-corrected chi connectivity index (χ0v) is 11.8. The Kier molecular flexibility index (Phi) is 3.76. The lowest BCUT2D eigenvalue weighted by Crippen LogP contribution is -2.66. The summed E-state index contributed by atoms with van der Waals surface area (Å²) in [5.74, 6) is 0. The van der Waals surface area contributed by atoms with Gasteiger partial charge in [0.2, 0.25) is 0 Å². The summed E-state index contributed by atoms with van der Waals surface area (Å²) < 4.78 is 0. The topological polar surface area (TPSA) is 15.3 Å². The minimum Gasteiger partial charge on any atom is -0.308 e. The van der Waals surface area contributed by atoms with Crippen molar-refractivity contribution < 1.29 is 0 Å². The Morgan fingerprint density at radius 2 is 1.89 bits per heavy atom. The summed E-state index contributed by atoms with van der Waals surface area (Å²) in [6, 6.07) is 1.57. The van der Waals surface area contributed by atoms with Crippen molar-refractivity contribution >= 4 is 0 Å². The number of piperazine rings is 1. The molecule has 102 valence electrons. The summed E-state index contributed by atoms with van der Waals surface area (Å²) >= 11 is 0. The molecule has 1 saturated carbocycles. The molecule has 1 aliphatic heterocycles. The molecule has 0 aromatic rings. The molecule has 0 amide bonds. The molecule has 2 heteroatoms. The molecule has 1 atom stereocenters. The molecule has 1 saturated heterocycles. The highest BCUT2D eigenvalue weighted by molar-refractivity contribution is 5.05. The van der Waals surface area contributed by atoms with Crippen molar-refractivity contribution in [1.29, 1.82) is 0 Å². The van der Waals surface area contributed by atoms with Gasteiger partial charge in [-0.15, -0.1) is 0 Å². The van der Waals surface area contributed by atoms with Gasteiger partial charge in [0, 0.05) is 30.7 Å². The summed E-state index contributed by atoms with van der Waals surface area (Å²) in [6.07, 6.45) is 15.7. The van der Waals surface area contributed by atoms with Crippen LogP contribution in [0.5, 0.6) is 0 Å². The largest absolute Gasteiger partial charge is 0.308 e. The average molecular weight is 248 g/mol. The minimum absolute atomic E-state index is 0.465. The number of hydrogen-bond acceptors (Lipinski definition) is 2. The highest BCUT2D eigenvalue weighted by Crippen LogP contribution is 2.34. The van der Waals surface area contributed by atoms with Crippen LogP contribution in [0.25, 0.3) is 0 Å². The van der Waals surface area contributed by atoms with Gasteiger partial charge in [0.25, 0.3) is 0 Å². The van der Waals surface area contributed by atoms with Crippen LogP contribution in [0, 0.1) is 0 Å². The Morgan fingerprint density at radius 1 is 1.17 bits per heavy atom. The Labute approximate surface area is 112 Å². The van der Waals surface area contributed by atoms with Crippen LogP contribution < -0.4 is 5.32 Å². The van der Waals surface area contributed by atoms with Crippen molar-refractivity contribution in [2.75, 3.05) is 13.1 Å². The standard InChI is InChI=1S/C16H28N2/c1-2-14-12-17-16(10-6-3-7-11-16)13-18(14)15-8-4-5-9-15/h4-5,14-15,17H,2-3,6-13H2,1H3. The molecule has 2 nitrogen and oxygen atoms in total. The second-order valence-electron chi connectivity index (χ2n) is 6.55. The van der Waals surface area contributed by atoms with E-state index in [1.54, 1.807) is 0 Å². The average Bonchev–Trinajstić information content (AvgIpc) is 2.93. The van der Waals surface area contributed by atoms with Gasteiger partial charge in [-0.05, 0) is 32.1 Å². The van der Waals surface area contributed by atoms with Crippen LogP contribution in [0.3, 0.4) is 0 Å². The zero-order chi connectivity index (χ0) is 12.4. The lowest BCUT2D eigenvalue weighted by atomic mass is 9.78. The maximum atomic E-state index is 3.93. The summed E-state index contributed by atoms with van der Waals surface area (Å²) in [5, 5.41) is 3.93. The molecule has 18 heavy (non-hydrogen) atoms. The number of nitrogens with one attached hydrogen (secondary N) is 1. The van der Waals surface area contributed by atoms with Gasteiger partial charge in [-0.1, -0.05) is 38.3 Å². The quantitative estimate of drug-likeness (QED) is 0.756. The molecule has 1 unspecified atom stereocenters. The second-order valence-corrected chi connectivity index (χ2v) is 6.55. The minimum atomic E-state index is 0.465. The smallest absolute Gasteiger partial charge is 0.0309 e. The van der Waals surface area contributed by atoms with Gasteiger partial charge < -0.3 is 5.32 Å². The first-order valence-electron chi connectivity index (χ1n) is 7.99. The molecule has 2 fully saturated rings. The molecule has 3 aliphatic rings. The van der Waals surface area contributed by atoms with Crippen LogP contribution in [0.4, 0.5) is 0 Å². The van der Waals surface area contributed by atoms with Gasteiger partial charge in [-0.25, -0.2) is 0 Å². The zero-order valence-electron chi connectivity index (χ0n) is 11.8. The van der Waals surface area contributed by atoms with Gasteiger partial charge in [0.05, 0.1) is 0 Å². The number of rotatable bonds is 2. The van der Waals surface area contributed by atoms with Crippen molar-refractivity contribution in [3.8, 4) is 0 Å². The first-order chi connectivity index (χ1) is 8.83. The molecular formula is C16H28N2. The third-order valence-corrected chi connectivity index (χ3v) is 5.40. The Morgan fingerprint density at radius 3 is 2.56 bits per heavy atom. The monoisotopic (exact) mass is 248 g/mol. The maximum Gasteiger partial charge on any atom is 0.0309 e. The third-order valence-electron chi connectivity index (χ3n) is 5.40. The van der Waals surface area contributed by atoms with Crippen LogP contribution in [0.15, 0.2) is 12.2 Å². The van der Waals surface area contributed by atoms with Gasteiger partial charge in [-0.3, -0.25) is 4.90 Å². The van der Waals surface area contributed by atoms with E-state index in [2.05, 4.69) is 29.3 Å². The Balaban J connectivity index is 1.71. The molecule has 2 aliphatic carbocycles. The summed E-state index contributed by atoms with van der Waals surface area (Å²) in [6.45, 7) is 4.87. The van der Waals surface area contributed by atoms with Gasteiger partial charge in [-0.2, -0.15) is 0 Å². The van der Waals surface area contributed by atoms with Crippen LogP contribution >= 0.6 is 0 Å². The van der Waals surface area contributed by atoms with E-state index in [0.717, 1.165) is 12.1 Å². The van der Waals surface area contributed by atoms with E-state index >= 15 is 0 Å². The third kappa shape index (κ3) is 2.37. The van der Waals surface area contributed by atoms with E-state index in [-0.39, 0.29) is 0 Å². The van der Waals surface area contributed by atoms with Crippen molar-refractivity contribution in [1.82, 2.24) is 10.2 Å². The molecular weight excluding hydrogens is 220 g/mol. The predicted octanol–water partition coefficient (Wildman–Crippen LogP) is 3.09. The SMILES string of the molecule is CCC1CNC2(CCCCC2)CN1C1CC=CC1. The molecule has 0 radical (unpaired) electrons. The van der Waals surface area contributed by atoms with Crippen molar-refractivity contribution in [2.24, 2.45) is 0 Å². The lowest BCUT2D eigenvalue weighted by Gasteiger charge is -2.51. The maximum absolute atomic E-state index is 3.93. The van der Waals surface area contributed by atoms with Crippen LogP contribution in [0.1, 0.15) is 58.3 Å². The molecule has 0 aromatic carbocycles. The fraction of sp³-hybridized carbons (Fsp3) is 0.875. The van der Waals surface area contributed by atoms with E-state index in [1.807, 2.05) is 0 Å². The molecule has 1 spiro atoms. The predicted molar refractivity (Wildman–Crippen MR) is 76.8 cm³/mol. The van der Waals surface area contributed by atoms with Crippen LogP contribution in [0.2, 0.25) is 0 Å². The van der Waals surface area contributed by atoms with Crippen molar-refractivity contribution in [3.63, 3.8) is 0 Å². The lowest BCUT2D eigenvalue weighted by molar-refractivity contribution is 0.0259. The summed E-state index contributed by atoms with van der Waals surface area (Å²) in [4.78, 5) is 2.85. The number of hydrogen-bond donors (Lipinski definition) is 1. The fourth-order valence-corrected chi connectivity index (χ4v) is 4.23. The second kappa shape index (κ2) is 5.34. The van der Waals surface area contributed by atoms with Crippen LogP contribution in [-0.2, 0) is 0 Å². The molecule has 1 N–H and O–H groups in total. The van der Waals surface area contributed by atoms with E-state index < -0.39 is 0 Å². The van der Waals surface area contributed by atoms with Gasteiger partial charge >= 0.3 is 0 Å². The highest BCUT2D eigenvalue weighted by Gasteiger charge is 2.41. The Hall–Kier alpha value is -0.340. The van der Waals surface area contributed by atoms with E-state index in [9.17, 15) is 0 Å². The molecule has 1 heterocycles. The fourth-order valence-electron chi connectivity index (χ4n) is 4.23. The number of nitrogens with zero attached hydrogens (tertiary/aromatic N) is 1. The molecule has 0 aromatic heterocycles. The summed E-state index contributed by atoms with van der Waals surface area (Å²) in [7, 11) is 0. The van der Waals surface area contributed by atoms with E-state index in [1.165, 1.54) is 64.5 Å². The van der Waals surface area contributed by atoms with Gasteiger partial charge in [0.15, 0.2) is 0 Å². The van der Waals surface area contributed by atoms with Gasteiger partial charge in [0.1, 0.15) is 0 Å². The molecule has 3 rings (SSSR count).